The number of benzene rings is 3. The molecule has 0 aromatic heterocycles. The molecule has 3 aromatic rings. The van der Waals surface area contributed by atoms with Crippen LogP contribution in [0.25, 0.3) is 5.76 Å². The standard InChI is InChI=1S/C26H20ClNO6/c1-34-20-9-5-3-7-18(20)23-22(24(31)17-6-2-4-8-19(17)27)25(32)26(33)28(23)16-12-10-15(11-13-16)14-21(29)30/h2-13,23,31H,14H2,1H3,(H,29,30)/b24-22+. The highest BCUT2D eigenvalue weighted by molar-refractivity contribution is 6.52. The Morgan fingerprint density at radius 2 is 1.62 bits per heavy atom. The summed E-state index contributed by atoms with van der Waals surface area (Å²) in [4.78, 5) is 38.8. The van der Waals surface area contributed by atoms with Crippen LogP contribution in [0.15, 0.2) is 78.4 Å². The van der Waals surface area contributed by atoms with Gasteiger partial charge in [0.15, 0.2) is 0 Å². The quantitative estimate of drug-likeness (QED) is 0.305. The minimum atomic E-state index is -1.00. The molecule has 1 amide bonds. The zero-order valence-corrected chi connectivity index (χ0v) is 18.8. The molecule has 2 N–H and O–H groups in total. The van der Waals surface area contributed by atoms with Gasteiger partial charge in [0.05, 0.1) is 30.2 Å². The van der Waals surface area contributed by atoms with E-state index in [1.165, 1.54) is 12.0 Å². The van der Waals surface area contributed by atoms with E-state index in [0.717, 1.165) is 0 Å². The summed E-state index contributed by atoms with van der Waals surface area (Å²) < 4.78 is 5.49. The number of aliphatic hydroxyl groups is 1. The molecule has 1 aliphatic rings. The molecule has 1 aliphatic heterocycles. The maximum atomic E-state index is 13.2. The minimum absolute atomic E-state index is 0.128. The van der Waals surface area contributed by atoms with Crippen molar-refractivity contribution >= 4 is 40.7 Å². The molecule has 34 heavy (non-hydrogen) atoms. The van der Waals surface area contributed by atoms with Gasteiger partial charge in [-0.2, -0.15) is 0 Å². The topological polar surface area (TPSA) is 104 Å². The number of halogens is 1. The number of aliphatic carboxylic acids is 1. The average molecular weight is 478 g/mol. The van der Waals surface area contributed by atoms with Crippen molar-refractivity contribution in [1.29, 1.82) is 0 Å². The van der Waals surface area contributed by atoms with Crippen LogP contribution in [0, 0.1) is 0 Å². The number of methoxy groups -OCH3 is 1. The summed E-state index contributed by atoms with van der Waals surface area (Å²) in [6.45, 7) is 0. The van der Waals surface area contributed by atoms with Crippen LogP contribution in [0.5, 0.6) is 5.75 Å². The summed E-state index contributed by atoms with van der Waals surface area (Å²) in [6.07, 6.45) is -0.179. The van der Waals surface area contributed by atoms with E-state index >= 15 is 0 Å². The molecule has 172 valence electrons. The number of nitrogens with zero attached hydrogens (tertiary/aromatic N) is 1. The van der Waals surface area contributed by atoms with Crippen molar-refractivity contribution < 1.29 is 29.3 Å². The van der Waals surface area contributed by atoms with E-state index in [0.29, 0.717) is 22.6 Å². The number of anilines is 1. The lowest BCUT2D eigenvalue weighted by atomic mass is 9.94. The number of aliphatic hydroxyl groups excluding tert-OH is 1. The zero-order chi connectivity index (χ0) is 24.4. The van der Waals surface area contributed by atoms with Gasteiger partial charge >= 0.3 is 5.97 Å². The second-order valence-corrected chi connectivity index (χ2v) is 8.04. The maximum Gasteiger partial charge on any atom is 0.307 e. The lowest BCUT2D eigenvalue weighted by molar-refractivity contribution is -0.136. The van der Waals surface area contributed by atoms with Crippen molar-refractivity contribution in [1.82, 2.24) is 0 Å². The number of carboxylic acids is 1. The highest BCUT2D eigenvalue weighted by Gasteiger charge is 2.48. The molecule has 0 spiro atoms. The third-order valence-corrected chi connectivity index (χ3v) is 5.91. The number of para-hydroxylation sites is 1. The lowest BCUT2D eigenvalue weighted by Crippen LogP contribution is -2.29. The molecule has 0 aliphatic carbocycles. The number of rotatable bonds is 6. The van der Waals surface area contributed by atoms with Crippen molar-refractivity contribution in [2.45, 2.75) is 12.5 Å². The third-order valence-electron chi connectivity index (χ3n) is 5.58. The monoisotopic (exact) mass is 477 g/mol. The summed E-state index contributed by atoms with van der Waals surface area (Å²) in [7, 11) is 1.47. The maximum absolute atomic E-state index is 13.2. The Kier molecular flexibility index (Phi) is 6.38. The smallest absolute Gasteiger partial charge is 0.307 e. The van der Waals surface area contributed by atoms with Crippen LogP contribution in [0.1, 0.15) is 22.7 Å². The van der Waals surface area contributed by atoms with Crippen molar-refractivity contribution in [2.75, 3.05) is 12.0 Å². The van der Waals surface area contributed by atoms with Gasteiger partial charge in [0.1, 0.15) is 11.5 Å². The predicted molar refractivity (Wildman–Crippen MR) is 127 cm³/mol. The van der Waals surface area contributed by atoms with Crippen LogP contribution in [0.4, 0.5) is 5.69 Å². The van der Waals surface area contributed by atoms with Gasteiger partial charge in [0.2, 0.25) is 0 Å². The number of carboxylic acid groups (broad SMARTS) is 1. The Labute approximate surface area is 200 Å². The third kappa shape index (κ3) is 4.13. The zero-order valence-electron chi connectivity index (χ0n) is 18.1. The fraction of sp³-hybridized carbons (Fsp3) is 0.115. The van der Waals surface area contributed by atoms with Crippen molar-refractivity contribution in [3.05, 3.63) is 100 Å². The Morgan fingerprint density at radius 1 is 0.971 bits per heavy atom. The van der Waals surface area contributed by atoms with E-state index in [2.05, 4.69) is 0 Å². The number of amides is 1. The van der Waals surface area contributed by atoms with E-state index in [1.54, 1.807) is 72.8 Å². The molecule has 3 aromatic carbocycles. The first kappa shape index (κ1) is 23.1. The van der Waals surface area contributed by atoms with Gasteiger partial charge in [0, 0.05) is 16.8 Å². The highest BCUT2D eigenvalue weighted by Crippen LogP contribution is 2.45. The molecule has 1 fully saturated rings. The molecular formula is C26H20ClNO6. The molecular weight excluding hydrogens is 458 g/mol. The highest BCUT2D eigenvalue weighted by atomic mass is 35.5. The average Bonchev–Trinajstić information content (AvgIpc) is 3.09. The SMILES string of the molecule is COc1ccccc1C1/C(=C(\O)c2ccccc2Cl)C(=O)C(=O)N1c1ccc(CC(=O)O)cc1. The summed E-state index contributed by atoms with van der Waals surface area (Å²) in [5, 5.41) is 20.4. The van der Waals surface area contributed by atoms with Gasteiger partial charge in [-0.25, -0.2) is 0 Å². The fourth-order valence-corrected chi connectivity index (χ4v) is 4.26. The second-order valence-electron chi connectivity index (χ2n) is 7.63. The molecule has 1 unspecified atom stereocenters. The number of hydrogen-bond donors (Lipinski definition) is 2. The van der Waals surface area contributed by atoms with Gasteiger partial charge in [-0.3, -0.25) is 19.3 Å². The molecule has 8 heteroatoms. The van der Waals surface area contributed by atoms with E-state index in [1.807, 2.05) is 0 Å². The van der Waals surface area contributed by atoms with E-state index in [9.17, 15) is 19.5 Å². The molecule has 7 nitrogen and oxygen atoms in total. The Morgan fingerprint density at radius 3 is 2.26 bits per heavy atom. The Hall–Kier alpha value is -4.10. The molecule has 0 bridgehead atoms. The van der Waals surface area contributed by atoms with Gasteiger partial charge < -0.3 is 14.9 Å². The molecule has 0 saturated carbocycles. The second kappa shape index (κ2) is 9.41. The number of Topliss-reactive ketones (excluding diaryl/α,β-unsaturated/α-hetero) is 1. The number of carbonyl (C=O) groups excluding carboxylic acids is 2. The van der Waals surface area contributed by atoms with Crippen molar-refractivity contribution in [3.8, 4) is 5.75 Å². The van der Waals surface area contributed by atoms with Gasteiger partial charge in [-0.05, 0) is 35.9 Å². The molecule has 1 heterocycles. The first-order valence-electron chi connectivity index (χ1n) is 10.3. The number of ketones is 1. The summed E-state index contributed by atoms with van der Waals surface area (Å²) in [6, 6.07) is 18.7. The van der Waals surface area contributed by atoms with Crippen molar-refractivity contribution in [2.24, 2.45) is 0 Å². The van der Waals surface area contributed by atoms with Gasteiger partial charge in [-0.15, -0.1) is 0 Å². The first-order valence-corrected chi connectivity index (χ1v) is 10.7. The first-order chi connectivity index (χ1) is 16.3. The summed E-state index contributed by atoms with van der Waals surface area (Å²) in [5.74, 6) is -2.67. The summed E-state index contributed by atoms with van der Waals surface area (Å²) >= 11 is 6.27. The molecule has 4 rings (SSSR count). The fourth-order valence-electron chi connectivity index (χ4n) is 4.03. The molecule has 1 atom stereocenters. The van der Waals surface area contributed by atoms with E-state index < -0.39 is 29.5 Å². The number of carbonyl (C=O) groups is 3. The van der Waals surface area contributed by atoms with E-state index in [-0.39, 0.29) is 22.6 Å². The Bertz CT molecular complexity index is 1310. The largest absolute Gasteiger partial charge is 0.507 e. The van der Waals surface area contributed by atoms with Gasteiger partial charge in [-0.1, -0.05) is 54.1 Å². The van der Waals surface area contributed by atoms with Crippen LogP contribution in [0.3, 0.4) is 0 Å². The number of hydrogen-bond acceptors (Lipinski definition) is 5. The van der Waals surface area contributed by atoms with Crippen LogP contribution in [0.2, 0.25) is 5.02 Å². The summed E-state index contributed by atoms with van der Waals surface area (Å²) in [5.41, 5.74) is 1.49. The van der Waals surface area contributed by atoms with Crippen molar-refractivity contribution in [3.63, 3.8) is 0 Å². The van der Waals surface area contributed by atoms with Crippen LogP contribution in [-0.4, -0.2) is 35.0 Å². The minimum Gasteiger partial charge on any atom is -0.507 e. The van der Waals surface area contributed by atoms with Crippen LogP contribution in [-0.2, 0) is 20.8 Å². The number of ether oxygens (including phenoxy) is 1. The normalized spacial score (nSPS) is 17.1. The predicted octanol–water partition coefficient (Wildman–Crippen LogP) is 4.60. The van der Waals surface area contributed by atoms with Crippen LogP contribution < -0.4 is 9.64 Å². The Balaban J connectivity index is 1.93. The van der Waals surface area contributed by atoms with Crippen LogP contribution >= 0.6 is 11.6 Å². The molecule has 1 saturated heterocycles. The van der Waals surface area contributed by atoms with Gasteiger partial charge in [0.25, 0.3) is 11.7 Å². The lowest BCUT2D eigenvalue weighted by Gasteiger charge is -2.26. The van der Waals surface area contributed by atoms with E-state index in [4.69, 9.17) is 21.4 Å². The molecule has 0 radical (unpaired) electrons.